The molecule has 2 atom stereocenters. The van der Waals surface area contributed by atoms with E-state index in [1.54, 1.807) is 0 Å². The molecule has 2 fully saturated rings. The van der Waals surface area contributed by atoms with Gasteiger partial charge in [0.1, 0.15) is 0 Å². The minimum absolute atomic E-state index is 0.0542. The van der Waals surface area contributed by atoms with Crippen molar-refractivity contribution in [3.05, 3.63) is 59.1 Å². The van der Waals surface area contributed by atoms with E-state index in [0.29, 0.717) is 19.5 Å². The second kappa shape index (κ2) is 7.84. The molecule has 2 aromatic rings. The molecule has 1 saturated carbocycles. The van der Waals surface area contributed by atoms with Crippen LogP contribution in [-0.4, -0.2) is 42.9 Å². The van der Waals surface area contributed by atoms with E-state index in [9.17, 15) is 9.59 Å². The number of halogens is 1. The van der Waals surface area contributed by atoms with E-state index in [-0.39, 0.29) is 23.7 Å². The van der Waals surface area contributed by atoms with Gasteiger partial charge in [-0.25, -0.2) is 0 Å². The predicted molar refractivity (Wildman–Crippen MR) is 112 cm³/mol. The van der Waals surface area contributed by atoms with Crippen LogP contribution in [0, 0.1) is 18.8 Å². The lowest BCUT2D eigenvalue weighted by atomic mass is 10.2. The molecule has 1 heterocycles. The predicted octanol–water partition coefficient (Wildman–Crippen LogP) is 3.57. The number of rotatable bonds is 4. The van der Waals surface area contributed by atoms with Crippen LogP contribution in [-0.2, 0) is 9.59 Å². The van der Waals surface area contributed by atoms with Crippen LogP contribution in [0.1, 0.15) is 12.0 Å². The van der Waals surface area contributed by atoms with Crippen LogP contribution in [0.15, 0.2) is 48.5 Å². The molecule has 2 aromatic carbocycles. The van der Waals surface area contributed by atoms with Gasteiger partial charge in [0, 0.05) is 42.6 Å². The standard InChI is InChI=1S/C22H24ClN3O2/c1-15-4-2-6-17(12-15)24-21(27)19-14-20(19)22(28)26-10-8-25(9-11-26)18-7-3-5-16(23)13-18/h2-7,12-13,19-20H,8-11,14H2,1H3,(H,24,27). The summed E-state index contributed by atoms with van der Waals surface area (Å²) in [7, 11) is 0. The van der Waals surface area contributed by atoms with E-state index >= 15 is 0 Å². The number of benzene rings is 2. The van der Waals surface area contributed by atoms with Gasteiger partial charge in [-0.15, -0.1) is 0 Å². The van der Waals surface area contributed by atoms with Gasteiger partial charge in [-0.1, -0.05) is 29.8 Å². The summed E-state index contributed by atoms with van der Waals surface area (Å²) in [5, 5.41) is 3.65. The Bertz CT molecular complexity index is 893. The number of carbonyl (C=O) groups is 2. The lowest BCUT2D eigenvalue weighted by molar-refractivity contribution is -0.134. The van der Waals surface area contributed by atoms with Crippen LogP contribution < -0.4 is 10.2 Å². The quantitative estimate of drug-likeness (QED) is 0.858. The molecular weight excluding hydrogens is 374 g/mol. The van der Waals surface area contributed by atoms with Crippen LogP contribution in [0.25, 0.3) is 0 Å². The van der Waals surface area contributed by atoms with Crippen LogP contribution in [0.5, 0.6) is 0 Å². The minimum Gasteiger partial charge on any atom is -0.368 e. The zero-order valence-electron chi connectivity index (χ0n) is 15.9. The number of hydrogen-bond acceptors (Lipinski definition) is 3. The van der Waals surface area contributed by atoms with Crippen molar-refractivity contribution >= 4 is 34.8 Å². The number of nitrogens with one attached hydrogen (secondary N) is 1. The van der Waals surface area contributed by atoms with Gasteiger partial charge in [-0.2, -0.15) is 0 Å². The number of hydrogen-bond donors (Lipinski definition) is 1. The SMILES string of the molecule is Cc1cccc(NC(=O)C2CC2C(=O)N2CCN(c3cccc(Cl)c3)CC2)c1. The Morgan fingerprint density at radius 1 is 1.00 bits per heavy atom. The highest BCUT2D eigenvalue weighted by Gasteiger charge is 2.49. The fourth-order valence-electron chi connectivity index (χ4n) is 3.81. The first-order valence-electron chi connectivity index (χ1n) is 9.68. The Kier molecular flexibility index (Phi) is 5.27. The number of carbonyl (C=O) groups excluding carboxylic acids is 2. The first kappa shape index (κ1) is 18.8. The highest BCUT2D eigenvalue weighted by atomic mass is 35.5. The molecule has 1 N–H and O–H groups in total. The van der Waals surface area contributed by atoms with Crippen LogP contribution >= 0.6 is 11.6 Å². The van der Waals surface area contributed by atoms with Crippen LogP contribution in [0.2, 0.25) is 5.02 Å². The Hall–Kier alpha value is -2.53. The zero-order chi connectivity index (χ0) is 19.7. The Morgan fingerprint density at radius 3 is 2.46 bits per heavy atom. The summed E-state index contributed by atoms with van der Waals surface area (Å²) in [6.45, 7) is 4.89. The van der Waals surface area contributed by atoms with E-state index in [1.807, 2.05) is 60.4 Å². The molecule has 0 spiro atoms. The second-order valence-electron chi connectivity index (χ2n) is 7.60. The molecule has 1 aliphatic carbocycles. The van der Waals surface area contributed by atoms with Crippen molar-refractivity contribution in [2.45, 2.75) is 13.3 Å². The van der Waals surface area contributed by atoms with Gasteiger partial charge in [0.25, 0.3) is 0 Å². The second-order valence-corrected chi connectivity index (χ2v) is 8.04. The van der Waals surface area contributed by atoms with Crippen molar-refractivity contribution in [1.29, 1.82) is 0 Å². The summed E-state index contributed by atoms with van der Waals surface area (Å²) in [6, 6.07) is 15.5. The van der Waals surface area contributed by atoms with Gasteiger partial charge < -0.3 is 15.1 Å². The summed E-state index contributed by atoms with van der Waals surface area (Å²) in [4.78, 5) is 29.4. The molecule has 2 amide bonds. The molecule has 1 saturated heterocycles. The summed E-state index contributed by atoms with van der Waals surface area (Å²) in [6.07, 6.45) is 0.644. The highest BCUT2D eigenvalue weighted by Crippen LogP contribution is 2.41. The number of anilines is 2. The van der Waals surface area contributed by atoms with E-state index in [0.717, 1.165) is 35.1 Å². The lowest BCUT2D eigenvalue weighted by Gasteiger charge is -2.36. The van der Waals surface area contributed by atoms with Crippen LogP contribution in [0.4, 0.5) is 11.4 Å². The third-order valence-electron chi connectivity index (χ3n) is 5.49. The highest BCUT2D eigenvalue weighted by molar-refractivity contribution is 6.30. The van der Waals surface area contributed by atoms with Crippen molar-refractivity contribution in [3.8, 4) is 0 Å². The Labute approximate surface area is 170 Å². The van der Waals surface area contributed by atoms with Crippen molar-refractivity contribution in [3.63, 3.8) is 0 Å². The average molecular weight is 398 g/mol. The monoisotopic (exact) mass is 397 g/mol. The summed E-state index contributed by atoms with van der Waals surface area (Å²) >= 11 is 6.08. The number of amides is 2. The fraction of sp³-hybridized carbons (Fsp3) is 0.364. The van der Waals surface area contributed by atoms with Gasteiger partial charge in [-0.3, -0.25) is 9.59 Å². The van der Waals surface area contributed by atoms with Gasteiger partial charge in [0.15, 0.2) is 0 Å². The maximum absolute atomic E-state index is 12.8. The maximum atomic E-state index is 12.8. The van der Waals surface area contributed by atoms with Crippen molar-refractivity contribution < 1.29 is 9.59 Å². The molecule has 0 bridgehead atoms. The zero-order valence-corrected chi connectivity index (χ0v) is 16.7. The van der Waals surface area contributed by atoms with Gasteiger partial charge >= 0.3 is 0 Å². The van der Waals surface area contributed by atoms with Crippen molar-refractivity contribution in [1.82, 2.24) is 4.90 Å². The van der Waals surface area contributed by atoms with Gasteiger partial charge in [0.05, 0.1) is 11.8 Å². The molecule has 0 aromatic heterocycles. The van der Waals surface area contributed by atoms with E-state index in [4.69, 9.17) is 11.6 Å². The Balaban J connectivity index is 1.29. The summed E-state index contributed by atoms with van der Waals surface area (Å²) < 4.78 is 0. The first-order valence-corrected chi connectivity index (χ1v) is 10.1. The molecule has 1 aliphatic heterocycles. The van der Waals surface area contributed by atoms with E-state index in [2.05, 4.69) is 10.2 Å². The normalized spacial score (nSPS) is 21.4. The molecule has 28 heavy (non-hydrogen) atoms. The van der Waals surface area contributed by atoms with E-state index < -0.39 is 0 Å². The average Bonchev–Trinajstić information content (AvgIpc) is 3.49. The van der Waals surface area contributed by atoms with Crippen molar-refractivity contribution in [2.75, 3.05) is 36.4 Å². The molecule has 5 nitrogen and oxygen atoms in total. The maximum Gasteiger partial charge on any atom is 0.228 e. The number of piperazine rings is 1. The van der Waals surface area contributed by atoms with Crippen molar-refractivity contribution in [2.24, 2.45) is 11.8 Å². The Morgan fingerprint density at radius 2 is 1.75 bits per heavy atom. The molecule has 2 aliphatic rings. The topological polar surface area (TPSA) is 52.7 Å². The molecule has 0 radical (unpaired) electrons. The largest absolute Gasteiger partial charge is 0.368 e. The van der Waals surface area contributed by atoms with Gasteiger partial charge in [0.2, 0.25) is 11.8 Å². The minimum atomic E-state index is -0.209. The van der Waals surface area contributed by atoms with Crippen LogP contribution in [0.3, 0.4) is 0 Å². The van der Waals surface area contributed by atoms with E-state index in [1.165, 1.54) is 0 Å². The smallest absolute Gasteiger partial charge is 0.228 e. The van der Waals surface area contributed by atoms with Gasteiger partial charge in [-0.05, 0) is 49.2 Å². The molecular formula is C22H24ClN3O2. The molecule has 146 valence electrons. The molecule has 6 heteroatoms. The lowest BCUT2D eigenvalue weighted by Crippen LogP contribution is -2.49. The molecule has 2 unspecified atom stereocenters. The summed E-state index contributed by atoms with van der Waals surface area (Å²) in [5.74, 6) is -0.335. The third-order valence-corrected chi connectivity index (χ3v) is 5.73. The molecule has 4 rings (SSSR count). The number of aryl methyl sites for hydroxylation is 1. The third kappa shape index (κ3) is 4.14. The number of nitrogens with zero attached hydrogens (tertiary/aromatic N) is 2. The first-order chi connectivity index (χ1) is 13.5. The fourth-order valence-corrected chi connectivity index (χ4v) is 3.99. The summed E-state index contributed by atoms with van der Waals surface area (Å²) in [5.41, 5.74) is 2.97.